The first kappa shape index (κ1) is 14.5. The van der Waals surface area contributed by atoms with Gasteiger partial charge >= 0.3 is 0 Å². The molecule has 0 aromatic heterocycles. The summed E-state index contributed by atoms with van der Waals surface area (Å²) in [4.78, 5) is 0. The number of methoxy groups -OCH3 is 1. The van der Waals surface area contributed by atoms with Crippen LogP contribution in [0, 0.1) is 6.92 Å². The lowest BCUT2D eigenvalue weighted by molar-refractivity contribution is 0.193. The topological polar surface area (TPSA) is 30.5 Å². The molecule has 0 aliphatic carbocycles. The van der Waals surface area contributed by atoms with Crippen LogP contribution in [0.1, 0.15) is 12.0 Å². The van der Waals surface area contributed by atoms with E-state index >= 15 is 0 Å². The Morgan fingerprint density at radius 2 is 2.06 bits per heavy atom. The smallest absolute Gasteiger partial charge is 0.133 e. The summed E-state index contributed by atoms with van der Waals surface area (Å²) in [5.41, 5.74) is 1.22. The van der Waals surface area contributed by atoms with Gasteiger partial charge in [0.05, 0.1) is 4.47 Å². The number of hydrogen-bond acceptors (Lipinski definition) is 3. The molecule has 0 unspecified atom stereocenters. The number of hydrogen-bond donors (Lipinski definition) is 1. The molecule has 0 aliphatic rings. The minimum atomic E-state index is 0.675. The van der Waals surface area contributed by atoms with Crippen LogP contribution < -0.4 is 10.1 Å². The third-order valence-corrected chi connectivity index (χ3v) is 2.95. The highest BCUT2D eigenvalue weighted by Gasteiger charge is 2.00. The van der Waals surface area contributed by atoms with E-state index in [-0.39, 0.29) is 0 Å². The molecule has 0 amide bonds. The highest BCUT2D eigenvalue weighted by molar-refractivity contribution is 9.10. The van der Waals surface area contributed by atoms with Crippen molar-refractivity contribution in [1.82, 2.24) is 5.32 Å². The third kappa shape index (κ3) is 6.05. The summed E-state index contributed by atoms with van der Waals surface area (Å²) in [6.45, 7) is 5.36. The number of halogens is 1. The number of nitrogens with one attached hydrogen (secondary N) is 1. The Morgan fingerprint density at radius 1 is 1.24 bits per heavy atom. The highest BCUT2D eigenvalue weighted by atomic mass is 79.9. The first-order chi connectivity index (χ1) is 8.24. The summed E-state index contributed by atoms with van der Waals surface area (Å²) in [5, 5.41) is 3.30. The molecule has 4 heteroatoms. The largest absolute Gasteiger partial charge is 0.491 e. The first-order valence-electron chi connectivity index (χ1n) is 5.82. The Labute approximate surface area is 112 Å². The molecule has 1 rings (SSSR count). The molecule has 0 bridgehead atoms. The molecular formula is C13H20BrNO2. The third-order valence-electron chi connectivity index (χ3n) is 2.33. The lowest BCUT2D eigenvalue weighted by Gasteiger charge is -2.09. The summed E-state index contributed by atoms with van der Waals surface area (Å²) in [6, 6.07) is 6.10. The average Bonchev–Trinajstić information content (AvgIpc) is 2.30. The van der Waals surface area contributed by atoms with Gasteiger partial charge in [-0.1, -0.05) is 6.07 Å². The van der Waals surface area contributed by atoms with Crippen molar-refractivity contribution in [3.63, 3.8) is 0 Å². The van der Waals surface area contributed by atoms with Crippen LogP contribution in [0.4, 0.5) is 0 Å². The molecule has 96 valence electrons. The van der Waals surface area contributed by atoms with Gasteiger partial charge in [0.25, 0.3) is 0 Å². The van der Waals surface area contributed by atoms with Crippen molar-refractivity contribution in [3.8, 4) is 5.75 Å². The maximum atomic E-state index is 5.66. The second kappa shape index (κ2) is 8.50. The van der Waals surface area contributed by atoms with Gasteiger partial charge < -0.3 is 14.8 Å². The normalized spacial score (nSPS) is 10.5. The fraction of sp³-hybridized carbons (Fsp3) is 0.538. The molecule has 17 heavy (non-hydrogen) atoms. The van der Waals surface area contributed by atoms with Gasteiger partial charge in [-0.15, -0.1) is 0 Å². The Hall–Kier alpha value is -0.580. The molecular weight excluding hydrogens is 282 g/mol. The molecule has 0 spiro atoms. The predicted octanol–water partition coefficient (Wildman–Crippen LogP) is 2.76. The lowest BCUT2D eigenvalue weighted by Crippen LogP contribution is -2.22. The van der Waals surface area contributed by atoms with Gasteiger partial charge in [0, 0.05) is 20.3 Å². The molecule has 0 radical (unpaired) electrons. The first-order valence-corrected chi connectivity index (χ1v) is 6.62. The molecule has 0 fully saturated rings. The highest BCUT2D eigenvalue weighted by Crippen LogP contribution is 2.25. The molecule has 0 saturated heterocycles. The fourth-order valence-electron chi connectivity index (χ4n) is 1.42. The maximum Gasteiger partial charge on any atom is 0.133 e. The van der Waals surface area contributed by atoms with Crippen molar-refractivity contribution in [2.24, 2.45) is 0 Å². The van der Waals surface area contributed by atoms with E-state index in [0.29, 0.717) is 6.61 Å². The van der Waals surface area contributed by atoms with Crippen LogP contribution in [0.2, 0.25) is 0 Å². The zero-order chi connectivity index (χ0) is 12.5. The summed E-state index contributed by atoms with van der Waals surface area (Å²) >= 11 is 3.49. The van der Waals surface area contributed by atoms with Crippen LogP contribution in [0.15, 0.2) is 22.7 Å². The summed E-state index contributed by atoms with van der Waals surface area (Å²) in [6.07, 6.45) is 1.03. The van der Waals surface area contributed by atoms with E-state index in [0.717, 1.165) is 36.3 Å². The number of benzene rings is 1. The minimum Gasteiger partial charge on any atom is -0.491 e. The van der Waals surface area contributed by atoms with E-state index in [1.165, 1.54) is 5.56 Å². The Balaban J connectivity index is 2.14. The van der Waals surface area contributed by atoms with Gasteiger partial charge in [-0.3, -0.25) is 0 Å². The molecule has 1 aromatic carbocycles. The summed E-state index contributed by atoms with van der Waals surface area (Å²) < 4.78 is 11.6. The van der Waals surface area contributed by atoms with Crippen molar-refractivity contribution in [2.75, 3.05) is 33.4 Å². The number of ether oxygens (including phenoxy) is 2. The SMILES string of the molecule is COCCCNCCOc1ccc(C)cc1Br. The predicted molar refractivity (Wildman–Crippen MR) is 73.7 cm³/mol. The standard InChI is InChI=1S/C13H20BrNO2/c1-11-4-5-13(12(14)10-11)17-9-7-15-6-3-8-16-2/h4-5,10,15H,3,6-9H2,1-2H3. The number of rotatable bonds is 8. The van der Waals surface area contributed by atoms with E-state index < -0.39 is 0 Å². The zero-order valence-corrected chi connectivity index (χ0v) is 12.0. The molecule has 0 atom stereocenters. The summed E-state index contributed by atoms with van der Waals surface area (Å²) in [7, 11) is 1.72. The van der Waals surface area contributed by atoms with E-state index in [1.807, 2.05) is 12.1 Å². The van der Waals surface area contributed by atoms with E-state index in [2.05, 4.69) is 34.2 Å². The Morgan fingerprint density at radius 3 is 2.76 bits per heavy atom. The van der Waals surface area contributed by atoms with Crippen molar-refractivity contribution < 1.29 is 9.47 Å². The maximum absolute atomic E-state index is 5.66. The van der Waals surface area contributed by atoms with Crippen LogP contribution in [-0.2, 0) is 4.74 Å². The van der Waals surface area contributed by atoms with Gasteiger partial charge in [0.1, 0.15) is 12.4 Å². The van der Waals surface area contributed by atoms with E-state index in [1.54, 1.807) is 7.11 Å². The van der Waals surface area contributed by atoms with Crippen molar-refractivity contribution in [1.29, 1.82) is 0 Å². The monoisotopic (exact) mass is 301 g/mol. The van der Waals surface area contributed by atoms with Crippen LogP contribution in [-0.4, -0.2) is 33.4 Å². The van der Waals surface area contributed by atoms with Gasteiger partial charge in [0.15, 0.2) is 0 Å². The molecule has 0 saturated carbocycles. The average molecular weight is 302 g/mol. The molecule has 0 heterocycles. The van der Waals surface area contributed by atoms with E-state index in [9.17, 15) is 0 Å². The van der Waals surface area contributed by atoms with Crippen LogP contribution >= 0.6 is 15.9 Å². The van der Waals surface area contributed by atoms with Crippen molar-refractivity contribution in [2.45, 2.75) is 13.3 Å². The van der Waals surface area contributed by atoms with Crippen molar-refractivity contribution in [3.05, 3.63) is 28.2 Å². The molecule has 3 nitrogen and oxygen atoms in total. The van der Waals surface area contributed by atoms with Gasteiger partial charge in [0.2, 0.25) is 0 Å². The van der Waals surface area contributed by atoms with Crippen LogP contribution in [0.25, 0.3) is 0 Å². The van der Waals surface area contributed by atoms with Crippen LogP contribution in [0.3, 0.4) is 0 Å². The Bertz CT molecular complexity index is 331. The summed E-state index contributed by atoms with van der Waals surface area (Å²) in [5.74, 6) is 0.897. The second-order valence-corrected chi connectivity index (χ2v) is 4.73. The number of aryl methyl sites for hydroxylation is 1. The molecule has 1 aromatic rings. The zero-order valence-electron chi connectivity index (χ0n) is 10.5. The molecule has 0 aliphatic heterocycles. The molecule has 1 N–H and O–H groups in total. The van der Waals surface area contributed by atoms with E-state index in [4.69, 9.17) is 9.47 Å². The quantitative estimate of drug-likeness (QED) is 0.749. The van der Waals surface area contributed by atoms with Gasteiger partial charge in [-0.25, -0.2) is 0 Å². The van der Waals surface area contributed by atoms with Crippen LogP contribution in [0.5, 0.6) is 5.75 Å². The Kier molecular flexibility index (Phi) is 7.24. The van der Waals surface area contributed by atoms with Gasteiger partial charge in [-0.2, -0.15) is 0 Å². The fourth-order valence-corrected chi connectivity index (χ4v) is 2.03. The van der Waals surface area contributed by atoms with Gasteiger partial charge in [-0.05, 0) is 53.5 Å². The second-order valence-electron chi connectivity index (χ2n) is 3.88. The minimum absolute atomic E-state index is 0.675. The van der Waals surface area contributed by atoms with Crippen molar-refractivity contribution >= 4 is 15.9 Å². The lowest BCUT2D eigenvalue weighted by atomic mass is 10.2.